The SMILES string of the molecule is NC(=O)C1(c2nc3ccccc3[nH]2)NC=NC1C(=O)Nc1ccccc1F. The van der Waals surface area contributed by atoms with Crippen molar-refractivity contribution < 1.29 is 14.0 Å². The lowest BCUT2D eigenvalue weighted by Crippen LogP contribution is -2.59. The molecule has 1 aliphatic rings. The number of nitrogens with two attached hydrogens (primary N) is 1. The van der Waals surface area contributed by atoms with Gasteiger partial charge in [-0.1, -0.05) is 24.3 Å². The van der Waals surface area contributed by atoms with Gasteiger partial charge in [-0.2, -0.15) is 0 Å². The summed E-state index contributed by atoms with van der Waals surface area (Å²) >= 11 is 0. The quantitative estimate of drug-likeness (QED) is 0.550. The van der Waals surface area contributed by atoms with E-state index in [-0.39, 0.29) is 11.5 Å². The Labute approximate surface area is 152 Å². The summed E-state index contributed by atoms with van der Waals surface area (Å²) in [5.74, 6) is -1.98. The van der Waals surface area contributed by atoms with Crippen LogP contribution in [0, 0.1) is 5.82 Å². The minimum atomic E-state index is -1.71. The van der Waals surface area contributed by atoms with E-state index in [1.54, 1.807) is 24.3 Å². The number of primary amides is 1. The average Bonchev–Trinajstić information content (AvgIpc) is 3.28. The van der Waals surface area contributed by atoms with Gasteiger partial charge in [0.1, 0.15) is 11.6 Å². The Morgan fingerprint density at radius 3 is 2.63 bits per heavy atom. The highest BCUT2D eigenvalue weighted by atomic mass is 19.1. The van der Waals surface area contributed by atoms with Gasteiger partial charge in [0.2, 0.25) is 5.54 Å². The van der Waals surface area contributed by atoms with Crippen molar-refractivity contribution in [1.29, 1.82) is 0 Å². The molecule has 8 nitrogen and oxygen atoms in total. The Kier molecular flexibility index (Phi) is 3.84. The zero-order valence-corrected chi connectivity index (χ0v) is 13.9. The molecule has 1 aromatic heterocycles. The van der Waals surface area contributed by atoms with Crippen LogP contribution < -0.4 is 16.4 Å². The fourth-order valence-corrected chi connectivity index (χ4v) is 3.09. The second kappa shape index (κ2) is 6.20. The van der Waals surface area contributed by atoms with Crippen LogP contribution in [0.25, 0.3) is 11.0 Å². The van der Waals surface area contributed by atoms with Crippen LogP contribution in [0.3, 0.4) is 0 Å². The maximum Gasteiger partial charge on any atom is 0.253 e. The molecule has 2 aromatic carbocycles. The van der Waals surface area contributed by atoms with Crippen molar-refractivity contribution in [1.82, 2.24) is 15.3 Å². The van der Waals surface area contributed by atoms with Crippen molar-refractivity contribution in [3.63, 3.8) is 0 Å². The molecule has 0 saturated carbocycles. The van der Waals surface area contributed by atoms with Gasteiger partial charge in [-0.25, -0.2) is 9.37 Å². The number of carbonyl (C=O) groups excluding carboxylic acids is 2. The van der Waals surface area contributed by atoms with Gasteiger partial charge >= 0.3 is 0 Å². The molecule has 9 heteroatoms. The zero-order valence-electron chi connectivity index (χ0n) is 13.9. The van der Waals surface area contributed by atoms with Crippen molar-refractivity contribution in [2.75, 3.05) is 5.32 Å². The number of H-pyrrole nitrogens is 1. The van der Waals surface area contributed by atoms with E-state index >= 15 is 0 Å². The summed E-state index contributed by atoms with van der Waals surface area (Å²) in [5.41, 5.74) is 5.19. The number of aromatic amines is 1. The third kappa shape index (κ3) is 2.60. The molecular weight excluding hydrogens is 351 g/mol. The summed E-state index contributed by atoms with van der Waals surface area (Å²) < 4.78 is 13.9. The maximum atomic E-state index is 13.9. The van der Waals surface area contributed by atoms with E-state index in [4.69, 9.17) is 5.73 Å². The van der Waals surface area contributed by atoms with Crippen LogP contribution in [-0.2, 0) is 15.1 Å². The van der Waals surface area contributed by atoms with Crippen LogP contribution in [0.1, 0.15) is 5.82 Å². The van der Waals surface area contributed by atoms with Gasteiger partial charge in [-0.3, -0.25) is 14.6 Å². The van der Waals surface area contributed by atoms with Crippen LogP contribution in [0.4, 0.5) is 10.1 Å². The van der Waals surface area contributed by atoms with Crippen LogP contribution >= 0.6 is 0 Å². The number of amides is 2. The molecule has 0 spiro atoms. The summed E-state index contributed by atoms with van der Waals surface area (Å²) in [7, 11) is 0. The number of nitrogens with one attached hydrogen (secondary N) is 3. The van der Waals surface area contributed by atoms with Gasteiger partial charge in [0.05, 0.1) is 23.1 Å². The number of carbonyl (C=O) groups is 2. The summed E-state index contributed by atoms with van der Waals surface area (Å²) in [5, 5.41) is 5.21. The minimum absolute atomic E-state index is 0.0208. The Bertz CT molecular complexity index is 1050. The highest BCUT2D eigenvalue weighted by Crippen LogP contribution is 2.30. The molecule has 2 unspecified atom stereocenters. The number of nitrogens with zero attached hydrogens (tertiary/aromatic N) is 2. The number of halogens is 1. The normalized spacial score (nSPS) is 21.1. The van der Waals surface area contributed by atoms with E-state index in [0.717, 1.165) is 0 Å². The molecule has 2 amide bonds. The largest absolute Gasteiger partial charge is 0.367 e. The summed E-state index contributed by atoms with van der Waals surface area (Å²) in [6.07, 6.45) is 1.23. The first-order valence-corrected chi connectivity index (χ1v) is 8.12. The second-order valence-corrected chi connectivity index (χ2v) is 6.07. The fourth-order valence-electron chi connectivity index (χ4n) is 3.09. The Morgan fingerprint density at radius 1 is 1.15 bits per heavy atom. The first kappa shape index (κ1) is 16.7. The topological polar surface area (TPSA) is 125 Å². The standard InChI is InChI=1S/C18H15FN6O2/c19-10-5-1-2-6-11(10)23-15(26)14-18(16(20)27,22-9-21-14)17-24-12-7-3-4-8-13(12)25-17/h1-9,14H,(H2,20,27)(H,21,22)(H,23,26)(H,24,25). The summed E-state index contributed by atoms with van der Waals surface area (Å²) in [4.78, 5) is 36.7. The van der Waals surface area contributed by atoms with Crippen molar-refractivity contribution in [2.45, 2.75) is 11.6 Å². The molecule has 3 aromatic rings. The van der Waals surface area contributed by atoms with Crippen molar-refractivity contribution in [2.24, 2.45) is 10.7 Å². The van der Waals surface area contributed by atoms with Crippen molar-refractivity contribution in [3.05, 3.63) is 60.2 Å². The van der Waals surface area contributed by atoms with Crippen molar-refractivity contribution >= 4 is 34.9 Å². The highest BCUT2D eigenvalue weighted by Gasteiger charge is 2.54. The Hall–Kier alpha value is -3.75. The Morgan fingerprint density at radius 2 is 1.89 bits per heavy atom. The number of para-hydroxylation sites is 3. The number of fused-ring (bicyclic) bond motifs is 1. The van der Waals surface area contributed by atoms with Crippen LogP contribution in [0.15, 0.2) is 53.5 Å². The molecule has 2 atom stereocenters. The van der Waals surface area contributed by atoms with Gasteiger partial charge < -0.3 is 21.4 Å². The summed E-state index contributed by atoms with van der Waals surface area (Å²) in [6, 6.07) is 11.6. The molecule has 27 heavy (non-hydrogen) atoms. The van der Waals surface area contributed by atoms with Crippen molar-refractivity contribution in [3.8, 4) is 0 Å². The molecule has 136 valence electrons. The van der Waals surface area contributed by atoms with E-state index in [1.807, 2.05) is 6.07 Å². The number of aromatic nitrogens is 2. The zero-order chi connectivity index (χ0) is 19.0. The third-order valence-electron chi connectivity index (χ3n) is 4.46. The van der Waals surface area contributed by atoms with Gasteiger partial charge in [-0.05, 0) is 24.3 Å². The number of anilines is 1. The molecule has 5 N–H and O–H groups in total. The Balaban J connectivity index is 1.74. The molecule has 0 saturated heterocycles. The number of imidazole rings is 1. The van der Waals surface area contributed by atoms with Gasteiger partial charge in [-0.15, -0.1) is 0 Å². The molecule has 0 radical (unpaired) electrons. The van der Waals surface area contributed by atoms with E-state index in [9.17, 15) is 14.0 Å². The lowest BCUT2D eigenvalue weighted by atomic mass is 9.89. The lowest BCUT2D eigenvalue weighted by Gasteiger charge is -2.28. The third-order valence-corrected chi connectivity index (χ3v) is 4.46. The summed E-state index contributed by atoms with van der Waals surface area (Å²) in [6.45, 7) is 0. The van der Waals surface area contributed by atoms with Crippen LogP contribution in [-0.4, -0.2) is 34.2 Å². The first-order valence-electron chi connectivity index (χ1n) is 8.12. The average molecular weight is 366 g/mol. The predicted octanol–water partition coefficient (Wildman–Crippen LogP) is 1.02. The van der Waals surface area contributed by atoms with Gasteiger partial charge in [0.15, 0.2) is 6.04 Å². The van der Waals surface area contributed by atoms with E-state index in [0.29, 0.717) is 11.0 Å². The fraction of sp³-hybridized carbons (Fsp3) is 0.111. The lowest BCUT2D eigenvalue weighted by molar-refractivity contribution is -0.129. The smallest absolute Gasteiger partial charge is 0.253 e. The van der Waals surface area contributed by atoms with Crippen LogP contribution in [0.2, 0.25) is 0 Å². The molecule has 1 aliphatic heterocycles. The molecule has 0 bridgehead atoms. The second-order valence-electron chi connectivity index (χ2n) is 6.07. The molecule has 0 fully saturated rings. The van der Waals surface area contributed by atoms with E-state index in [2.05, 4.69) is 25.6 Å². The molecule has 4 rings (SSSR count). The monoisotopic (exact) mass is 366 g/mol. The predicted molar refractivity (Wildman–Crippen MR) is 97.4 cm³/mol. The number of rotatable bonds is 4. The minimum Gasteiger partial charge on any atom is -0.367 e. The van der Waals surface area contributed by atoms with E-state index in [1.165, 1.54) is 24.5 Å². The molecule has 0 aliphatic carbocycles. The highest BCUT2D eigenvalue weighted by molar-refractivity contribution is 6.05. The number of benzene rings is 2. The van der Waals surface area contributed by atoms with E-state index < -0.39 is 29.2 Å². The molecule has 2 heterocycles. The van der Waals surface area contributed by atoms with Crippen LogP contribution in [0.5, 0.6) is 0 Å². The number of hydrogen-bond donors (Lipinski definition) is 4. The first-order chi connectivity index (χ1) is 13.0. The number of aliphatic imine (C=N–C) groups is 1. The van der Waals surface area contributed by atoms with Gasteiger partial charge in [0.25, 0.3) is 11.8 Å². The molecular formula is C18H15FN6O2. The number of hydrogen-bond acceptors (Lipinski definition) is 5. The maximum absolute atomic E-state index is 13.9. The van der Waals surface area contributed by atoms with Gasteiger partial charge in [0, 0.05) is 0 Å².